The Kier molecular flexibility index (Phi) is 4.82. The van der Waals surface area contributed by atoms with Gasteiger partial charge in [0.2, 0.25) is 10.0 Å². The molecule has 6 nitrogen and oxygen atoms in total. The fourth-order valence-electron chi connectivity index (χ4n) is 2.78. The van der Waals surface area contributed by atoms with Crippen LogP contribution >= 0.6 is 0 Å². The van der Waals surface area contributed by atoms with Gasteiger partial charge < -0.3 is 4.90 Å². The molecule has 8 heteroatoms. The third-order valence-electron chi connectivity index (χ3n) is 4.13. The van der Waals surface area contributed by atoms with Gasteiger partial charge in [-0.05, 0) is 24.3 Å². The lowest BCUT2D eigenvalue weighted by Gasteiger charge is -2.44. The molecule has 1 fully saturated rings. The first kappa shape index (κ1) is 17.5. The van der Waals surface area contributed by atoms with Crippen LogP contribution in [0.2, 0.25) is 0 Å². The van der Waals surface area contributed by atoms with Crippen molar-refractivity contribution < 1.29 is 17.6 Å². The number of halogens is 1. The average Bonchev–Trinajstić information content (AvgIpc) is 2.53. The summed E-state index contributed by atoms with van der Waals surface area (Å²) in [4.78, 5) is 17.9. The summed E-state index contributed by atoms with van der Waals surface area (Å²) in [5.41, 5.74) is 0.628. The van der Waals surface area contributed by atoms with E-state index in [0.717, 1.165) is 6.26 Å². The Balaban J connectivity index is 1.70. The predicted molar refractivity (Wildman–Crippen MR) is 90.7 cm³/mol. The molecule has 0 unspecified atom stereocenters. The van der Waals surface area contributed by atoms with Gasteiger partial charge in [-0.3, -0.25) is 9.78 Å². The van der Waals surface area contributed by atoms with Gasteiger partial charge in [-0.2, -0.15) is 4.31 Å². The van der Waals surface area contributed by atoms with E-state index in [9.17, 15) is 17.6 Å². The quantitative estimate of drug-likeness (QED) is 0.807. The van der Waals surface area contributed by atoms with E-state index >= 15 is 0 Å². The molecule has 2 heterocycles. The van der Waals surface area contributed by atoms with E-state index in [-0.39, 0.29) is 31.2 Å². The standard InChI is InChI=1S/C17H18FN3O3S/c1-25(23,24)21(10-13-6-4-5-9-19-13)14-11-20(12-14)17(22)15-7-2-3-8-16(15)18/h2-9,14H,10-12H2,1H3. The number of pyridine rings is 1. The summed E-state index contributed by atoms with van der Waals surface area (Å²) in [6.45, 7) is 0.603. The highest BCUT2D eigenvalue weighted by Gasteiger charge is 2.39. The van der Waals surface area contributed by atoms with Crippen molar-refractivity contribution in [3.63, 3.8) is 0 Å². The van der Waals surface area contributed by atoms with Gasteiger partial charge in [0.05, 0.1) is 30.1 Å². The molecule has 0 spiro atoms. The highest BCUT2D eigenvalue weighted by Crippen LogP contribution is 2.22. The summed E-state index contributed by atoms with van der Waals surface area (Å²) < 4.78 is 39.3. The summed E-state index contributed by atoms with van der Waals surface area (Å²) in [6.07, 6.45) is 2.74. The van der Waals surface area contributed by atoms with Crippen LogP contribution in [0, 0.1) is 5.82 Å². The summed E-state index contributed by atoms with van der Waals surface area (Å²) >= 11 is 0. The number of sulfonamides is 1. The number of carbonyl (C=O) groups is 1. The first-order valence-corrected chi connectivity index (χ1v) is 9.61. The number of likely N-dealkylation sites (tertiary alicyclic amines) is 1. The smallest absolute Gasteiger partial charge is 0.256 e. The second-order valence-electron chi connectivity index (χ2n) is 5.97. The second-order valence-corrected chi connectivity index (χ2v) is 7.91. The Hall–Kier alpha value is -2.32. The van der Waals surface area contributed by atoms with E-state index in [1.165, 1.54) is 27.4 Å². The van der Waals surface area contributed by atoms with Crippen molar-refractivity contribution >= 4 is 15.9 Å². The fraction of sp³-hybridized carbons (Fsp3) is 0.294. The minimum absolute atomic E-state index is 0.00317. The van der Waals surface area contributed by atoms with Crippen molar-refractivity contribution in [1.82, 2.24) is 14.2 Å². The van der Waals surface area contributed by atoms with Crippen LogP contribution in [-0.2, 0) is 16.6 Å². The molecule has 0 radical (unpaired) electrons. The summed E-state index contributed by atoms with van der Waals surface area (Å²) in [6, 6.07) is 10.7. The van der Waals surface area contributed by atoms with E-state index in [1.807, 2.05) is 0 Å². The Morgan fingerprint density at radius 1 is 1.24 bits per heavy atom. The van der Waals surface area contributed by atoms with Crippen LogP contribution in [-0.4, -0.2) is 53.9 Å². The zero-order valence-corrected chi connectivity index (χ0v) is 14.5. The van der Waals surface area contributed by atoms with Crippen molar-refractivity contribution in [2.75, 3.05) is 19.3 Å². The van der Waals surface area contributed by atoms with Crippen LogP contribution in [0.25, 0.3) is 0 Å². The molecule has 1 aromatic heterocycles. The Morgan fingerprint density at radius 2 is 1.92 bits per heavy atom. The third kappa shape index (κ3) is 3.85. The van der Waals surface area contributed by atoms with Gasteiger partial charge in [-0.1, -0.05) is 18.2 Å². The zero-order chi connectivity index (χ0) is 18.0. The number of amides is 1. The Labute approximate surface area is 145 Å². The lowest BCUT2D eigenvalue weighted by atomic mass is 10.1. The molecule has 25 heavy (non-hydrogen) atoms. The van der Waals surface area contributed by atoms with E-state index in [4.69, 9.17) is 0 Å². The predicted octanol–water partition coefficient (Wildman–Crippen LogP) is 1.51. The van der Waals surface area contributed by atoms with Crippen molar-refractivity contribution in [3.05, 3.63) is 65.7 Å². The van der Waals surface area contributed by atoms with Gasteiger partial charge >= 0.3 is 0 Å². The molecule has 2 aromatic rings. The summed E-state index contributed by atoms with van der Waals surface area (Å²) in [5.74, 6) is -1.01. The van der Waals surface area contributed by atoms with E-state index in [1.54, 1.807) is 30.5 Å². The molecule has 132 valence electrons. The number of aromatic nitrogens is 1. The molecule has 1 aliphatic heterocycles. The molecular weight excluding hydrogens is 345 g/mol. The molecule has 0 saturated carbocycles. The van der Waals surface area contributed by atoms with Gasteiger partial charge in [0.15, 0.2) is 0 Å². The molecule has 1 aromatic carbocycles. The molecule has 0 atom stereocenters. The van der Waals surface area contributed by atoms with Gasteiger partial charge in [0, 0.05) is 19.3 Å². The van der Waals surface area contributed by atoms with Crippen molar-refractivity contribution in [1.29, 1.82) is 0 Å². The van der Waals surface area contributed by atoms with E-state index < -0.39 is 21.7 Å². The van der Waals surface area contributed by atoms with Gasteiger partial charge in [0.25, 0.3) is 5.91 Å². The Morgan fingerprint density at radius 3 is 2.52 bits per heavy atom. The summed E-state index contributed by atoms with van der Waals surface area (Å²) in [5, 5.41) is 0. The second kappa shape index (κ2) is 6.89. The lowest BCUT2D eigenvalue weighted by molar-refractivity contribution is 0.0438. The average molecular weight is 363 g/mol. The van der Waals surface area contributed by atoms with Crippen LogP contribution in [0.15, 0.2) is 48.7 Å². The molecule has 3 rings (SSSR count). The number of benzene rings is 1. The number of carbonyl (C=O) groups excluding carboxylic acids is 1. The maximum absolute atomic E-state index is 13.7. The first-order chi connectivity index (χ1) is 11.9. The van der Waals surface area contributed by atoms with Crippen molar-refractivity contribution in [2.24, 2.45) is 0 Å². The van der Waals surface area contributed by atoms with E-state index in [2.05, 4.69) is 4.98 Å². The highest BCUT2D eigenvalue weighted by molar-refractivity contribution is 7.88. The maximum Gasteiger partial charge on any atom is 0.256 e. The van der Waals surface area contributed by atoms with Crippen LogP contribution in [0.1, 0.15) is 16.1 Å². The van der Waals surface area contributed by atoms with Crippen LogP contribution in [0.5, 0.6) is 0 Å². The molecule has 0 aliphatic carbocycles. The van der Waals surface area contributed by atoms with Crippen LogP contribution < -0.4 is 0 Å². The minimum Gasteiger partial charge on any atom is -0.335 e. The molecule has 0 N–H and O–H groups in total. The van der Waals surface area contributed by atoms with Gasteiger partial charge in [-0.25, -0.2) is 12.8 Å². The SMILES string of the molecule is CS(=O)(=O)N(Cc1ccccn1)C1CN(C(=O)c2ccccc2F)C1. The molecule has 0 bridgehead atoms. The van der Waals surface area contributed by atoms with Crippen LogP contribution in [0.4, 0.5) is 4.39 Å². The normalized spacial score (nSPS) is 15.2. The monoisotopic (exact) mass is 363 g/mol. The van der Waals surface area contributed by atoms with E-state index in [0.29, 0.717) is 5.69 Å². The van der Waals surface area contributed by atoms with Gasteiger partial charge in [0.1, 0.15) is 5.82 Å². The Bertz CT molecular complexity index is 868. The zero-order valence-electron chi connectivity index (χ0n) is 13.7. The lowest BCUT2D eigenvalue weighted by Crippen LogP contribution is -2.61. The first-order valence-electron chi connectivity index (χ1n) is 7.77. The van der Waals surface area contributed by atoms with Crippen molar-refractivity contribution in [3.8, 4) is 0 Å². The number of hydrogen-bond donors (Lipinski definition) is 0. The number of hydrogen-bond acceptors (Lipinski definition) is 4. The van der Waals surface area contributed by atoms with Crippen molar-refractivity contribution in [2.45, 2.75) is 12.6 Å². The number of nitrogens with zero attached hydrogens (tertiary/aromatic N) is 3. The van der Waals surface area contributed by atoms with Gasteiger partial charge in [-0.15, -0.1) is 0 Å². The molecular formula is C17H18FN3O3S. The fourth-order valence-corrected chi connectivity index (χ4v) is 3.82. The topological polar surface area (TPSA) is 70.6 Å². The molecule has 1 saturated heterocycles. The third-order valence-corrected chi connectivity index (χ3v) is 5.41. The van der Waals surface area contributed by atoms with Crippen LogP contribution in [0.3, 0.4) is 0 Å². The maximum atomic E-state index is 13.7. The number of rotatable bonds is 5. The minimum atomic E-state index is -3.46. The highest BCUT2D eigenvalue weighted by atomic mass is 32.2. The molecule has 1 amide bonds. The molecule has 1 aliphatic rings. The summed E-state index contributed by atoms with van der Waals surface area (Å²) in [7, 11) is -3.46. The largest absolute Gasteiger partial charge is 0.335 e.